The van der Waals surface area contributed by atoms with Gasteiger partial charge in [-0.3, -0.25) is 4.79 Å². The summed E-state index contributed by atoms with van der Waals surface area (Å²) in [6.45, 7) is 4.92. The molecule has 0 bridgehead atoms. The molecule has 1 N–H and O–H groups in total. The third-order valence-electron chi connectivity index (χ3n) is 3.99. The van der Waals surface area contributed by atoms with Gasteiger partial charge in [-0.05, 0) is 44.7 Å². The summed E-state index contributed by atoms with van der Waals surface area (Å²) in [5.74, 6) is 0.866. The van der Waals surface area contributed by atoms with Crippen LogP contribution in [0.15, 0.2) is 29.2 Å². The fraction of sp³-hybridized carbons (Fsp3) is 0.588. The first-order valence-electron chi connectivity index (χ1n) is 7.66. The molecule has 2 nitrogen and oxygen atoms in total. The molecule has 0 heterocycles. The molecular weight excluding hydrogens is 266 g/mol. The fourth-order valence-electron chi connectivity index (χ4n) is 2.65. The summed E-state index contributed by atoms with van der Waals surface area (Å²) in [6.07, 6.45) is 6.58. The first-order valence-corrected chi connectivity index (χ1v) is 8.54. The first kappa shape index (κ1) is 15.4. The minimum atomic E-state index is -0.0266. The smallest absolute Gasteiger partial charge is 0.233 e. The van der Waals surface area contributed by atoms with Gasteiger partial charge in [0.25, 0.3) is 0 Å². The number of hydrogen-bond donors (Lipinski definition) is 1. The van der Waals surface area contributed by atoms with Crippen molar-refractivity contribution in [3.63, 3.8) is 0 Å². The molecule has 1 amide bonds. The quantitative estimate of drug-likeness (QED) is 0.825. The van der Waals surface area contributed by atoms with Crippen molar-refractivity contribution in [1.82, 2.24) is 5.32 Å². The second-order valence-electron chi connectivity index (χ2n) is 5.82. The predicted octanol–water partition coefficient (Wildman–Crippen LogP) is 4.17. The molecule has 0 aliphatic heterocycles. The number of thioether (sulfide) groups is 1. The molecule has 1 aromatic carbocycles. The van der Waals surface area contributed by atoms with Gasteiger partial charge in [0.1, 0.15) is 0 Å². The first-order chi connectivity index (χ1) is 9.65. The van der Waals surface area contributed by atoms with Crippen molar-refractivity contribution in [2.75, 3.05) is 6.54 Å². The molecule has 1 aromatic rings. The lowest BCUT2D eigenvalue weighted by molar-refractivity contribution is -0.120. The van der Waals surface area contributed by atoms with E-state index in [0.717, 1.165) is 11.4 Å². The number of carbonyl (C=O) groups excluding carboxylic acids is 1. The van der Waals surface area contributed by atoms with Crippen molar-refractivity contribution < 1.29 is 4.79 Å². The summed E-state index contributed by atoms with van der Waals surface area (Å²) in [5.41, 5.74) is 1.25. The van der Waals surface area contributed by atoms with Crippen LogP contribution in [0.4, 0.5) is 0 Å². The number of benzene rings is 1. The molecule has 20 heavy (non-hydrogen) atoms. The van der Waals surface area contributed by atoms with Gasteiger partial charge < -0.3 is 5.32 Å². The summed E-state index contributed by atoms with van der Waals surface area (Å²) in [5, 5.41) is 3.10. The minimum absolute atomic E-state index is 0.0266. The topological polar surface area (TPSA) is 29.1 Å². The molecule has 0 spiro atoms. The van der Waals surface area contributed by atoms with Gasteiger partial charge in [0, 0.05) is 11.4 Å². The Bertz CT molecular complexity index is 423. The van der Waals surface area contributed by atoms with E-state index in [9.17, 15) is 4.79 Å². The van der Waals surface area contributed by atoms with E-state index in [0.29, 0.717) is 5.92 Å². The van der Waals surface area contributed by atoms with Crippen molar-refractivity contribution in [2.24, 2.45) is 5.92 Å². The van der Waals surface area contributed by atoms with E-state index in [1.807, 2.05) is 6.92 Å². The monoisotopic (exact) mass is 291 g/mol. The predicted molar refractivity (Wildman–Crippen MR) is 86.1 cm³/mol. The Morgan fingerprint density at radius 2 is 1.90 bits per heavy atom. The number of aryl methyl sites for hydroxylation is 1. The molecule has 1 saturated carbocycles. The van der Waals surface area contributed by atoms with Gasteiger partial charge in [-0.2, -0.15) is 0 Å². The highest BCUT2D eigenvalue weighted by atomic mass is 32.2. The third-order valence-corrected chi connectivity index (χ3v) is 5.10. The normalized spacial score (nSPS) is 17.7. The maximum Gasteiger partial charge on any atom is 0.233 e. The zero-order valence-corrected chi connectivity index (χ0v) is 13.3. The molecule has 1 aliphatic carbocycles. The molecule has 110 valence electrons. The van der Waals surface area contributed by atoms with Crippen molar-refractivity contribution in [2.45, 2.75) is 56.1 Å². The minimum Gasteiger partial charge on any atom is -0.355 e. The van der Waals surface area contributed by atoms with Gasteiger partial charge in [-0.15, -0.1) is 11.8 Å². The summed E-state index contributed by atoms with van der Waals surface area (Å²) < 4.78 is 0. The van der Waals surface area contributed by atoms with E-state index in [4.69, 9.17) is 0 Å². The lowest BCUT2D eigenvalue weighted by Crippen LogP contribution is -2.35. The largest absolute Gasteiger partial charge is 0.355 e. The van der Waals surface area contributed by atoms with Crippen LogP contribution in [-0.2, 0) is 4.79 Å². The molecule has 1 unspecified atom stereocenters. The van der Waals surface area contributed by atoms with Crippen molar-refractivity contribution in [3.05, 3.63) is 29.8 Å². The van der Waals surface area contributed by atoms with Crippen LogP contribution in [0.5, 0.6) is 0 Å². The Morgan fingerprint density at radius 1 is 1.25 bits per heavy atom. The van der Waals surface area contributed by atoms with Gasteiger partial charge in [0.15, 0.2) is 0 Å². The number of nitrogens with one attached hydrogen (secondary N) is 1. The zero-order valence-electron chi connectivity index (χ0n) is 12.5. The summed E-state index contributed by atoms with van der Waals surface area (Å²) >= 11 is 1.63. The van der Waals surface area contributed by atoms with E-state index in [1.54, 1.807) is 11.8 Å². The Labute approximate surface area is 126 Å². The van der Waals surface area contributed by atoms with E-state index < -0.39 is 0 Å². The van der Waals surface area contributed by atoms with E-state index in [1.165, 1.54) is 37.7 Å². The fourth-order valence-corrected chi connectivity index (χ4v) is 3.55. The van der Waals surface area contributed by atoms with Crippen molar-refractivity contribution in [3.8, 4) is 0 Å². The molecule has 0 saturated heterocycles. The van der Waals surface area contributed by atoms with Gasteiger partial charge in [0.05, 0.1) is 5.25 Å². The molecule has 0 radical (unpaired) electrons. The molecule has 0 aromatic heterocycles. The van der Waals surface area contributed by atoms with Crippen LogP contribution in [0.25, 0.3) is 0 Å². The lowest BCUT2D eigenvalue weighted by Gasteiger charge is -2.22. The highest BCUT2D eigenvalue weighted by Gasteiger charge is 2.17. The van der Waals surface area contributed by atoms with Gasteiger partial charge in [0.2, 0.25) is 5.91 Å². The van der Waals surface area contributed by atoms with Gasteiger partial charge in [-0.1, -0.05) is 37.0 Å². The number of rotatable bonds is 5. The Morgan fingerprint density at radius 3 is 2.55 bits per heavy atom. The van der Waals surface area contributed by atoms with Crippen LogP contribution in [0.2, 0.25) is 0 Å². The highest BCUT2D eigenvalue weighted by Crippen LogP contribution is 2.25. The van der Waals surface area contributed by atoms with Crippen LogP contribution in [0.1, 0.15) is 44.6 Å². The Kier molecular flexibility index (Phi) is 5.96. The van der Waals surface area contributed by atoms with Crippen molar-refractivity contribution >= 4 is 17.7 Å². The van der Waals surface area contributed by atoms with Gasteiger partial charge in [-0.25, -0.2) is 0 Å². The SMILES string of the molecule is Cc1ccc(SC(C)C(=O)NCC2CCCCC2)cc1. The molecule has 1 aliphatic rings. The van der Waals surface area contributed by atoms with Crippen LogP contribution in [0.3, 0.4) is 0 Å². The van der Waals surface area contributed by atoms with Crippen LogP contribution in [0, 0.1) is 12.8 Å². The maximum atomic E-state index is 12.1. The molecule has 2 rings (SSSR count). The van der Waals surface area contributed by atoms with E-state index in [2.05, 4.69) is 36.5 Å². The standard InChI is InChI=1S/C17H25NOS/c1-13-8-10-16(11-9-13)20-14(2)17(19)18-12-15-6-4-3-5-7-15/h8-11,14-15H,3-7,12H2,1-2H3,(H,18,19). The maximum absolute atomic E-state index is 12.1. The summed E-state index contributed by atoms with van der Waals surface area (Å²) in [6, 6.07) is 8.36. The average Bonchev–Trinajstić information content (AvgIpc) is 2.48. The second-order valence-corrected chi connectivity index (χ2v) is 7.24. The highest BCUT2D eigenvalue weighted by molar-refractivity contribution is 8.00. The molecule has 3 heteroatoms. The number of carbonyl (C=O) groups is 1. The van der Waals surface area contributed by atoms with Crippen molar-refractivity contribution in [1.29, 1.82) is 0 Å². The number of amides is 1. The zero-order chi connectivity index (χ0) is 14.4. The Hall–Kier alpha value is -0.960. The summed E-state index contributed by atoms with van der Waals surface area (Å²) in [7, 11) is 0. The van der Waals surface area contributed by atoms with Crippen LogP contribution < -0.4 is 5.32 Å². The lowest BCUT2D eigenvalue weighted by atomic mass is 9.89. The summed E-state index contributed by atoms with van der Waals surface area (Å²) in [4.78, 5) is 13.3. The second kappa shape index (κ2) is 7.72. The third kappa shape index (κ3) is 4.86. The van der Waals surface area contributed by atoms with E-state index >= 15 is 0 Å². The van der Waals surface area contributed by atoms with Crippen LogP contribution >= 0.6 is 11.8 Å². The van der Waals surface area contributed by atoms with Gasteiger partial charge >= 0.3 is 0 Å². The number of hydrogen-bond acceptors (Lipinski definition) is 2. The molecule has 1 atom stereocenters. The van der Waals surface area contributed by atoms with E-state index in [-0.39, 0.29) is 11.2 Å². The molecule has 1 fully saturated rings. The molecular formula is C17H25NOS. The average molecular weight is 291 g/mol. The van der Waals surface area contributed by atoms with Crippen LogP contribution in [-0.4, -0.2) is 17.7 Å². The Balaban J connectivity index is 1.75.